The normalized spacial score (nSPS) is 10.3. The number of fused-ring (bicyclic) bond motifs is 1. The van der Waals surface area contributed by atoms with Gasteiger partial charge in [0, 0.05) is 31.4 Å². The quantitative estimate of drug-likeness (QED) is 0.676. The lowest BCUT2D eigenvalue weighted by molar-refractivity contribution is -0.782. The van der Waals surface area contributed by atoms with Gasteiger partial charge in [-0.1, -0.05) is 0 Å². The Morgan fingerprint density at radius 2 is 1.78 bits per heavy atom. The molecule has 0 bridgehead atoms. The van der Waals surface area contributed by atoms with Crippen LogP contribution in [0.2, 0.25) is 0 Å². The molecule has 0 aliphatic carbocycles. The molecule has 2 amide bonds. The summed E-state index contributed by atoms with van der Waals surface area (Å²) in [6.07, 6.45) is 0. The number of rotatable bonds is 2. The van der Waals surface area contributed by atoms with Crippen LogP contribution in [-0.4, -0.2) is 31.1 Å². The molecule has 2 aromatic rings. The van der Waals surface area contributed by atoms with Crippen LogP contribution < -0.4 is 15.5 Å². The average molecular weight is 250 g/mol. The molecule has 2 rings (SSSR count). The molecule has 0 fully saturated rings. The van der Waals surface area contributed by atoms with E-state index in [1.54, 1.807) is 0 Å². The maximum Gasteiger partial charge on any atom is 0.252 e. The second kappa shape index (κ2) is 4.32. The molecule has 2 N–H and O–H groups in total. The van der Waals surface area contributed by atoms with Crippen LogP contribution in [0.3, 0.4) is 0 Å². The third kappa shape index (κ3) is 1.73. The Balaban J connectivity index is 2.73. The van der Waals surface area contributed by atoms with Crippen molar-refractivity contribution in [2.24, 2.45) is 0 Å². The van der Waals surface area contributed by atoms with Crippen LogP contribution in [0.4, 0.5) is 0 Å². The van der Waals surface area contributed by atoms with E-state index in [0.717, 1.165) is 0 Å². The van der Waals surface area contributed by atoms with E-state index >= 15 is 0 Å². The van der Waals surface area contributed by atoms with Gasteiger partial charge in [-0.05, 0) is 4.90 Å². The molecular weight excluding hydrogens is 240 g/mol. The van der Waals surface area contributed by atoms with Gasteiger partial charge in [0.25, 0.3) is 11.8 Å². The molecule has 8 nitrogen and oxygen atoms in total. The smallest absolute Gasteiger partial charge is 0.252 e. The van der Waals surface area contributed by atoms with E-state index in [-0.39, 0.29) is 27.1 Å². The number of aromatic nitrogens is 2. The van der Waals surface area contributed by atoms with Crippen molar-refractivity contribution in [3.63, 3.8) is 0 Å². The van der Waals surface area contributed by atoms with Crippen molar-refractivity contribution < 1.29 is 19.1 Å². The second-order valence-electron chi connectivity index (χ2n) is 3.47. The zero-order valence-corrected chi connectivity index (χ0v) is 9.68. The monoisotopic (exact) mass is 250 g/mol. The molecular formula is C10H10N4O4. The highest BCUT2D eigenvalue weighted by Gasteiger charge is 2.21. The van der Waals surface area contributed by atoms with Crippen molar-refractivity contribution in [2.75, 3.05) is 14.1 Å². The molecule has 1 aromatic heterocycles. The molecule has 8 heteroatoms. The van der Waals surface area contributed by atoms with Crippen LogP contribution in [0, 0.1) is 5.21 Å². The highest BCUT2D eigenvalue weighted by atomic mass is 16.8. The Morgan fingerprint density at radius 3 is 2.33 bits per heavy atom. The van der Waals surface area contributed by atoms with Gasteiger partial charge in [0.15, 0.2) is 0 Å². The summed E-state index contributed by atoms with van der Waals surface area (Å²) in [5, 5.41) is 19.5. The summed E-state index contributed by atoms with van der Waals surface area (Å²) in [5.41, 5.74) is 0.493. The molecule has 0 radical (unpaired) electrons. The first-order valence-electron chi connectivity index (χ1n) is 5.06. The first-order chi connectivity index (χ1) is 8.58. The molecule has 94 valence electrons. The summed E-state index contributed by atoms with van der Waals surface area (Å²) < 4.78 is 4.40. The van der Waals surface area contributed by atoms with Crippen molar-refractivity contribution in [2.45, 2.75) is 0 Å². The number of hydrogen-bond acceptors (Lipinski definition) is 5. The second-order valence-corrected chi connectivity index (χ2v) is 3.47. The molecule has 0 aliphatic heterocycles. The Hall–Kier alpha value is -2.64. The fourth-order valence-electron chi connectivity index (χ4n) is 1.57. The lowest BCUT2D eigenvalue weighted by atomic mass is 10.0. The summed E-state index contributed by atoms with van der Waals surface area (Å²) in [4.78, 5) is 23.5. The molecule has 18 heavy (non-hydrogen) atoms. The highest BCUT2D eigenvalue weighted by molar-refractivity contribution is 6.09. The summed E-state index contributed by atoms with van der Waals surface area (Å²) in [6, 6.07) is 2.60. The average Bonchev–Trinajstić information content (AvgIpc) is 2.76. The van der Waals surface area contributed by atoms with Crippen LogP contribution in [0.15, 0.2) is 16.8 Å². The zero-order valence-electron chi connectivity index (χ0n) is 9.68. The number of amides is 2. The Bertz CT molecular complexity index is 634. The van der Waals surface area contributed by atoms with Gasteiger partial charge in [-0.25, -0.2) is 0 Å². The van der Waals surface area contributed by atoms with Crippen molar-refractivity contribution >= 4 is 22.8 Å². The maximum atomic E-state index is 11.7. The van der Waals surface area contributed by atoms with Gasteiger partial charge in [0.1, 0.15) is 0 Å². The van der Waals surface area contributed by atoms with Gasteiger partial charge in [0.2, 0.25) is 11.0 Å². The number of nitrogens with one attached hydrogen (secondary N) is 2. The van der Waals surface area contributed by atoms with Gasteiger partial charge >= 0.3 is 0 Å². The van der Waals surface area contributed by atoms with Crippen LogP contribution in [0.25, 0.3) is 11.0 Å². The lowest BCUT2D eigenvalue weighted by Crippen LogP contribution is -2.27. The highest BCUT2D eigenvalue weighted by Crippen LogP contribution is 2.16. The summed E-state index contributed by atoms with van der Waals surface area (Å²) in [6.45, 7) is 0. The number of carbonyl (C=O) groups is 2. The van der Waals surface area contributed by atoms with E-state index in [0.29, 0.717) is 0 Å². The standard InChI is InChI=1S/C10H10N4O4/c1-11-9(15)5-3-7-8(14(17)18-13-7)4-6(5)10(16)12-2/h3-4H,1-2H3,(H,11,15)(H,12,16). The molecule has 1 heterocycles. The largest absolute Gasteiger partial charge is 0.359 e. The number of carbonyl (C=O) groups excluding carboxylic acids is 2. The SMILES string of the molecule is CNC(=O)c1cc2no[n+]([O-])c2cc1C(=O)NC. The summed E-state index contributed by atoms with van der Waals surface area (Å²) >= 11 is 0. The Kier molecular flexibility index (Phi) is 2.84. The molecule has 0 atom stereocenters. The van der Waals surface area contributed by atoms with E-state index in [4.69, 9.17) is 0 Å². The van der Waals surface area contributed by atoms with Gasteiger partial charge < -0.3 is 15.8 Å². The van der Waals surface area contributed by atoms with Crippen molar-refractivity contribution in [1.82, 2.24) is 15.8 Å². The van der Waals surface area contributed by atoms with Gasteiger partial charge in [0.05, 0.1) is 11.1 Å². The van der Waals surface area contributed by atoms with E-state index in [2.05, 4.69) is 20.4 Å². The lowest BCUT2D eigenvalue weighted by Gasteiger charge is -2.05. The van der Waals surface area contributed by atoms with E-state index in [1.165, 1.54) is 26.2 Å². The van der Waals surface area contributed by atoms with E-state index in [1.807, 2.05) is 0 Å². The minimum atomic E-state index is -0.475. The minimum Gasteiger partial charge on any atom is -0.359 e. The van der Waals surface area contributed by atoms with Gasteiger partial charge in [-0.3, -0.25) is 14.2 Å². The topological polar surface area (TPSA) is 111 Å². The Labute approximate surface area is 101 Å². The van der Waals surface area contributed by atoms with Crippen molar-refractivity contribution in [3.8, 4) is 0 Å². The van der Waals surface area contributed by atoms with Crippen molar-refractivity contribution in [1.29, 1.82) is 0 Å². The van der Waals surface area contributed by atoms with E-state index in [9.17, 15) is 14.8 Å². The number of benzene rings is 1. The maximum absolute atomic E-state index is 11.7. The van der Waals surface area contributed by atoms with Crippen molar-refractivity contribution in [3.05, 3.63) is 28.5 Å². The number of hydrogen-bond donors (Lipinski definition) is 2. The van der Waals surface area contributed by atoms with Crippen LogP contribution in [0.5, 0.6) is 0 Å². The Morgan fingerprint density at radius 1 is 1.22 bits per heavy atom. The number of nitrogens with zero attached hydrogens (tertiary/aromatic N) is 2. The molecule has 0 saturated heterocycles. The molecule has 0 spiro atoms. The fraction of sp³-hybridized carbons (Fsp3) is 0.200. The summed E-state index contributed by atoms with van der Waals surface area (Å²) in [5.74, 6) is -0.923. The predicted octanol–water partition coefficient (Wildman–Crippen LogP) is -0.820. The third-order valence-electron chi connectivity index (χ3n) is 2.47. The zero-order chi connectivity index (χ0) is 13.3. The molecule has 1 aromatic carbocycles. The first-order valence-corrected chi connectivity index (χ1v) is 5.06. The van der Waals surface area contributed by atoms with Gasteiger partial charge in [-0.2, -0.15) is 0 Å². The van der Waals surface area contributed by atoms with E-state index < -0.39 is 11.8 Å². The fourth-order valence-corrected chi connectivity index (χ4v) is 1.57. The molecule has 0 aliphatic rings. The van der Waals surface area contributed by atoms with Gasteiger partial charge in [-0.15, -0.1) is 0 Å². The first kappa shape index (κ1) is 11.8. The van der Waals surface area contributed by atoms with Crippen LogP contribution in [0.1, 0.15) is 20.7 Å². The minimum absolute atomic E-state index is 0.0807. The third-order valence-corrected chi connectivity index (χ3v) is 2.47. The molecule has 0 unspecified atom stereocenters. The van der Waals surface area contributed by atoms with Crippen LogP contribution in [-0.2, 0) is 0 Å². The predicted molar refractivity (Wildman–Crippen MR) is 59.7 cm³/mol. The van der Waals surface area contributed by atoms with Crippen LogP contribution >= 0.6 is 0 Å². The summed E-state index contributed by atoms with van der Waals surface area (Å²) in [7, 11) is 2.87. The molecule has 0 saturated carbocycles.